The van der Waals surface area contributed by atoms with Gasteiger partial charge in [0.05, 0.1) is 26.7 Å². The summed E-state index contributed by atoms with van der Waals surface area (Å²) in [5.74, 6) is 0.0587. The largest absolute Gasteiger partial charge is 0.497 e. The van der Waals surface area contributed by atoms with Gasteiger partial charge in [-0.1, -0.05) is 66.2 Å². The first-order chi connectivity index (χ1) is 25.9. The molecule has 284 valence electrons. The summed E-state index contributed by atoms with van der Waals surface area (Å²) in [4.78, 5) is 0.139. The Morgan fingerprint density at radius 2 is 0.709 bits per heavy atom. The summed E-state index contributed by atoms with van der Waals surface area (Å²) >= 11 is 0. The highest BCUT2D eigenvalue weighted by Crippen LogP contribution is 2.56. The molecule has 0 fully saturated rings. The third kappa shape index (κ3) is 7.43. The van der Waals surface area contributed by atoms with Crippen LogP contribution in [0.4, 0.5) is 26.3 Å². The molecule has 6 aromatic carbocycles. The number of hydrogen-bond acceptors (Lipinski definition) is 6. The minimum atomic E-state index is -5.77. The van der Waals surface area contributed by atoms with Crippen molar-refractivity contribution < 1.29 is 52.7 Å². The molecule has 0 spiro atoms. The van der Waals surface area contributed by atoms with Crippen LogP contribution >= 0.6 is 0 Å². The van der Waals surface area contributed by atoms with Gasteiger partial charge in [0, 0.05) is 0 Å². The zero-order valence-electron chi connectivity index (χ0n) is 28.9. The molecule has 55 heavy (non-hydrogen) atoms. The molecule has 6 aromatic rings. The van der Waals surface area contributed by atoms with Crippen LogP contribution in [0.25, 0.3) is 11.1 Å². The lowest BCUT2D eigenvalue weighted by Crippen LogP contribution is -2.54. The third-order valence-corrected chi connectivity index (χ3v) is 12.6. The molecule has 0 radical (unpaired) electrons. The molecule has 0 unspecified atom stereocenters. The fourth-order valence-electron chi connectivity index (χ4n) is 6.06. The summed E-state index contributed by atoms with van der Waals surface area (Å²) in [7, 11) is -6.52. The van der Waals surface area contributed by atoms with E-state index in [9.17, 15) is 43.2 Å². The van der Waals surface area contributed by atoms with Gasteiger partial charge in [0.1, 0.15) is 17.2 Å². The van der Waals surface area contributed by atoms with E-state index in [-0.39, 0.29) is 36.8 Å². The van der Waals surface area contributed by atoms with Crippen LogP contribution in [-0.2, 0) is 25.1 Å². The van der Waals surface area contributed by atoms with Gasteiger partial charge in [0.15, 0.2) is 0 Å². The van der Waals surface area contributed by atoms with E-state index in [4.69, 9.17) is 9.47 Å². The van der Waals surface area contributed by atoms with E-state index in [1.807, 2.05) is 6.92 Å². The Balaban J connectivity index is 1.18. The van der Waals surface area contributed by atoms with Gasteiger partial charge in [-0.15, -0.1) is 0 Å². The van der Waals surface area contributed by atoms with Crippen molar-refractivity contribution in [2.45, 2.75) is 44.3 Å². The second-order valence-electron chi connectivity index (χ2n) is 12.4. The van der Waals surface area contributed by atoms with Gasteiger partial charge in [0.2, 0.25) is 25.1 Å². The lowest BCUT2D eigenvalue weighted by atomic mass is 9.73. The number of sulfone groups is 2. The Bertz CT molecular complexity index is 2480. The van der Waals surface area contributed by atoms with Crippen LogP contribution in [0, 0.1) is 6.92 Å². The highest BCUT2D eigenvalue weighted by atomic mass is 32.2. The number of halogens is 6. The van der Waals surface area contributed by atoms with Crippen molar-refractivity contribution in [1.82, 2.24) is 0 Å². The van der Waals surface area contributed by atoms with Crippen molar-refractivity contribution in [3.05, 3.63) is 162 Å². The molecule has 0 heterocycles. The van der Waals surface area contributed by atoms with Gasteiger partial charge >= 0.3 is 12.4 Å². The maximum absolute atomic E-state index is 14.5. The van der Waals surface area contributed by atoms with Crippen molar-refractivity contribution in [3.63, 3.8) is 0 Å². The van der Waals surface area contributed by atoms with Crippen LogP contribution in [0.1, 0.15) is 16.7 Å². The maximum Gasteiger partial charge on any atom is 0.411 e. The van der Waals surface area contributed by atoms with Crippen molar-refractivity contribution in [2.24, 2.45) is 0 Å². The van der Waals surface area contributed by atoms with Gasteiger partial charge in [-0.3, -0.25) is 0 Å². The molecule has 6 nitrogen and oxygen atoms in total. The fraction of sp³-hybridized carbons (Fsp3) is 0.122. The summed E-state index contributed by atoms with van der Waals surface area (Å²) in [5.41, 5.74) is -4.26. The zero-order valence-corrected chi connectivity index (χ0v) is 30.5. The van der Waals surface area contributed by atoms with E-state index in [0.717, 1.165) is 42.0 Å². The predicted molar refractivity (Wildman–Crippen MR) is 193 cm³/mol. The first kappa shape index (κ1) is 39.1. The molecule has 0 saturated heterocycles. The number of ether oxygens (including phenoxy) is 2. The Labute approximate surface area is 313 Å². The average Bonchev–Trinajstić information content (AvgIpc) is 3.15. The average molecular weight is 797 g/mol. The smallest absolute Gasteiger partial charge is 0.411 e. The van der Waals surface area contributed by atoms with Crippen LogP contribution in [0.2, 0.25) is 0 Å². The topological polar surface area (TPSA) is 86.7 Å². The normalized spacial score (nSPS) is 12.7. The Kier molecular flexibility index (Phi) is 10.4. The van der Waals surface area contributed by atoms with Crippen molar-refractivity contribution >= 4 is 19.7 Å². The van der Waals surface area contributed by atoms with Gasteiger partial charge in [-0.2, -0.15) is 26.3 Å². The minimum Gasteiger partial charge on any atom is -0.497 e. The van der Waals surface area contributed by atoms with Gasteiger partial charge in [-0.05, 0) is 114 Å². The van der Waals surface area contributed by atoms with Crippen LogP contribution in [-0.4, -0.2) is 36.3 Å². The number of hydrogen-bond donors (Lipinski definition) is 0. The van der Waals surface area contributed by atoms with E-state index in [0.29, 0.717) is 23.3 Å². The SMILES string of the molecule is COc1ccc(C(c2ccc(Oc3ccc(S(=O)(=O)c4ccc(-c5ccc(S(=O)(=O)c6ccc(C)cc6)cc5)cc4)cc3)cc2)(C(F)(F)F)C(F)(F)F)cc1. The molecule has 0 aliphatic carbocycles. The monoisotopic (exact) mass is 796 g/mol. The standard InChI is InChI=1S/C41H30F6O6S2/c1-27-3-19-35(20-4-27)54(48,49)36-21-5-28(6-22-36)29-7-23-37(24-8-29)55(50,51)38-25-17-34(18-26-38)53-33-15-11-31(12-16-33)39(40(42,43)44,41(45,46)47)30-9-13-32(52-2)14-10-30/h3-26H,1-2H3. The molecule has 0 amide bonds. The summed E-state index contributed by atoms with van der Waals surface area (Å²) in [6.45, 7) is 1.86. The number of rotatable bonds is 10. The number of alkyl halides is 6. The van der Waals surface area contributed by atoms with E-state index in [1.54, 1.807) is 48.5 Å². The van der Waals surface area contributed by atoms with E-state index in [1.165, 1.54) is 55.6 Å². The molecular formula is C41H30F6O6S2. The van der Waals surface area contributed by atoms with Gasteiger partial charge in [-0.25, -0.2) is 16.8 Å². The van der Waals surface area contributed by atoms with Crippen molar-refractivity contribution in [2.75, 3.05) is 7.11 Å². The van der Waals surface area contributed by atoms with E-state index in [2.05, 4.69) is 0 Å². The first-order valence-electron chi connectivity index (χ1n) is 16.3. The Morgan fingerprint density at radius 3 is 1.04 bits per heavy atom. The summed E-state index contributed by atoms with van der Waals surface area (Å²) in [6.07, 6.45) is -11.5. The van der Waals surface area contributed by atoms with Crippen LogP contribution in [0.5, 0.6) is 17.2 Å². The highest BCUT2D eigenvalue weighted by molar-refractivity contribution is 7.91. The molecule has 0 atom stereocenters. The quantitative estimate of drug-likeness (QED) is 0.128. The molecule has 14 heteroatoms. The highest BCUT2D eigenvalue weighted by Gasteiger charge is 2.72. The summed E-state index contributed by atoms with van der Waals surface area (Å²) < 4.78 is 150. The van der Waals surface area contributed by atoms with Crippen LogP contribution < -0.4 is 9.47 Å². The lowest BCUT2D eigenvalue weighted by Gasteiger charge is -2.38. The van der Waals surface area contributed by atoms with Crippen LogP contribution in [0.3, 0.4) is 0 Å². The lowest BCUT2D eigenvalue weighted by molar-refractivity contribution is -0.288. The van der Waals surface area contributed by atoms with E-state index >= 15 is 0 Å². The second-order valence-corrected chi connectivity index (χ2v) is 16.3. The number of methoxy groups -OCH3 is 1. The predicted octanol–water partition coefficient (Wildman–Crippen LogP) is 10.5. The number of aryl methyl sites for hydroxylation is 1. The maximum atomic E-state index is 14.5. The first-order valence-corrected chi connectivity index (χ1v) is 19.3. The molecule has 0 aliphatic heterocycles. The summed E-state index contributed by atoms with van der Waals surface area (Å²) in [6, 6.07) is 30.6. The molecule has 0 bridgehead atoms. The second kappa shape index (κ2) is 14.6. The molecular weight excluding hydrogens is 767 g/mol. The summed E-state index contributed by atoms with van der Waals surface area (Å²) in [5, 5.41) is 0. The molecule has 6 rings (SSSR count). The van der Waals surface area contributed by atoms with Gasteiger partial charge in [0.25, 0.3) is 0 Å². The molecule has 0 aromatic heterocycles. The molecule has 0 aliphatic rings. The van der Waals surface area contributed by atoms with Gasteiger partial charge < -0.3 is 9.47 Å². The minimum absolute atomic E-state index is 0.0336. The van der Waals surface area contributed by atoms with Crippen molar-refractivity contribution in [3.8, 4) is 28.4 Å². The fourth-order valence-corrected chi connectivity index (χ4v) is 8.58. The van der Waals surface area contributed by atoms with E-state index < -0.39 is 48.6 Å². The number of benzene rings is 6. The molecule has 0 N–H and O–H groups in total. The van der Waals surface area contributed by atoms with Crippen LogP contribution in [0.15, 0.2) is 165 Å². The zero-order chi connectivity index (χ0) is 39.8. The third-order valence-electron chi connectivity index (χ3n) is 9.02. The Hall–Kier alpha value is -5.60. The Morgan fingerprint density at radius 1 is 0.418 bits per heavy atom. The molecule has 0 saturated carbocycles. The van der Waals surface area contributed by atoms with Crippen molar-refractivity contribution in [1.29, 1.82) is 0 Å².